The lowest BCUT2D eigenvalue weighted by molar-refractivity contribution is -0.132. The van der Waals surface area contributed by atoms with Gasteiger partial charge in [0, 0.05) is 30.2 Å². The number of nitrogens with zero attached hydrogens (tertiary/aromatic N) is 3. The fourth-order valence-corrected chi connectivity index (χ4v) is 4.04. The lowest BCUT2D eigenvalue weighted by Crippen LogP contribution is -2.24. The molecule has 0 saturated heterocycles. The number of carbonyl (C=O) groups excluding carboxylic acids is 2. The van der Waals surface area contributed by atoms with Crippen LogP contribution in [0.5, 0.6) is 0 Å². The highest BCUT2D eigenvalue weighted by atomic mass is 35.5. The van der Waals surface area contributed by atoms with Crippen LogP contribution in [0.3, 0.4) is 0 Å². The van der Waals surface area contributed by atoms with Gasteiger partial charge in [-0.1, -0.05) is 41.9 Å². The zero-order valence-electron chi connectivity index (χ0n) is 16.3. The van der Waals surface area contributed by atoms with E-state index < -0.39 is 5.82 Å². The Hall–Kier alpha value is -3.10. The van der Waals surface area contributed by atoms with Crippen LogP contribution in [0.25, 0.3) is 11.3 Å². The van der Waals surface area contributed by atoms with Crippen LogP contribution in [0.1, 0.15) is 24.8 Å². The Bertz CT molecular complexity index is 1150. The summed E-state index contributed by atoms with van der Waals surface area (Å²) >= 11 is 7.05. The van der Waals surface area contributed by atoms with Crippen LogP contribution in [0.15, 0.2) is 59.0 Å². The van der Waals surface area contributed by atoms with Crippen molar-refractivity contribution >= 4 is 45.6 Å². The zero-order valence-corrected chi connectivity index (χ0v) is 17.9. The Labute approximate surface area is 187 Å². The molecule has 31 heavy (non-hydrogen) atoms. The second-order valence-electron chi connectivity index (χ2n) is 6.89. The quantitative estimate of drug-likeness (QED) is 0.569. The first-order valence-electron chi connectivity index (χ1n) is 9.63. The molecule has 0 unspecified atom stereocenters. The molecule has 2 amide bonds. The highest BCUT2D eigenvalue weighted by Gasteiger charge is 2.22. The summed E-state index contributed by atoms with van der Waals surface area (Å²) < 4.78 is 13.3. The first kappa shape index (κ1) is 21.1. The van der Waals surface area contributed by atoms with Crippen LogP contribution in [0.4, 0.5) is 9.52 Å². The average Bonchev–Trinajstić information content (AvgIpc) is 3.45. The molecule has 1 aliphatic heterocycles. The molecule has 4 rings (SSSR count). The predicted molar refractivity (Wildman–Crippen MR) is 120 cm³/mol. The maximum Gasteiger partial charge on any atom is 0.243 e. The van der Waals surface area contributed by atoms with Gasteiger partial charge in [0.05, 0.1) is 23.0 Å². The van der Waals surface area contributed by atoms with Crippen LogP contribution in [0, 0.1) is 5.82 Å². The molecule has 1 aromatic heterocycles. The van der Waals surface area contributed by atoms with E-state index in [2.05, 4.69) is 15.4 Å². The molecule has 0 fully saturated rings. The highest BCUT2D eigenvalue weighted by molar-refractivity contribution is 7.14. The number of amides is 2. The molecule has 158 valence electrons. The van der Waals surface area contributed by atoms with Crippen molar-refractivity contribution in [2.24, 2.45) is 5.10 Å². The van der Waals surface area contributed by atoms with Crippen molar-refractivity contribution in [3.63, 3.8) is 0 Å². The highest BCUT2D eigenvalue weighted by Crippen LogP contribution is 2.28. The SMILES string of the molecule is O=C(CCC(=O)N1CCC(c2ccccc2)=N1)Nc1nc(-c2ccc(F)c(Cl)c2)cs1. The second-order valence-corrected chi connectivity index (χ2v) is 8.16. The van der Waals surface area contributed by atoms with E-state index in [0.717, 1.165) is 11.3 Å². The van der Waals surface area contributed by atoms with Gasteiger partial charge >= 0.3 is 0 Å². The monoisotopic (exact) mass is 456 g/mol. The molecule has 3 aromatic rings. The normalized spacial score (nSPS) is 13.2. The minimum absolute atomic E-state index is 0.00888. The smallest absolute Gasteiger partial charge is 0.243 e. The number of aromatic nitrogens is 1. The summed E-state index contributed by atoms with van der Waals surface area (Å²) in [6.45, 7) is 0.515. The van der Waals surface area contributed by atoms with E-state index in [4.69, 9.17) is 11.6 Å². The Morgan fingerprint density at radius 2 is 1.94 bits per heavy atom. The van der Waals surface area contributed by atoms with E-state index in [9.17, 15) is 14.0 Å². The summed E-state index contributed by atoms with van der Waals surface area (Å²) in [5.41, 5.74) is 3.10. The number of nitrogens with one attached hydrogen (secondary N) is 1. The molecule has 2 heterocycles. The standard InChI is InChI=1S/C22H18ClFN4O2S/c23-16-12-15(6-7-17(16)24)19-13-31-22(25-19)26-20(29)8-9-21(30)28-11-10-18(27-28)14-4-2-1-3-5-14/h1-7,12-13H,8-11H2,(H,25,26,29). The minimum atomic E-state index is -0.503. The number of carbonyl (C=O) groups is 2. The molecule has 0 saturated carbocycles. The fourth-order valence-electron chi connectivity index (χ4n) is 3.12. The predicted octanol–water partition coefficient (Wildman–Crippen LogP) is 4.96. The molecule has 1 N–H and O–H groups in total. The van der Waals surface area contributed by atoms with Gasteiger partial charge in [-0.3, -0.25) is 9.59 Å². The van der Waals surface area contributed by atoms with Crippen molar-refractivity contribution in [2.75, 3.05) is 11.9 Å². The summed E-state index contributed by atoms with van der Waals surface area (Å²) in [7, 11) is 0. The lowest BCUT2D eigenvalue weighted by Gasteiger charge is -2.10. The molecule has 0 aliphatic carbocycles. The Morgan fingerprint density at radius 3 is 2.71 bits per heavy atom. The number of anilines is 1. The van der Waals surface area contributed by atoms with Crippen molar-refractivity contribution in [2.45, 2.75) is 19.3 Å². The third kappa shape index (κ3) is 5.15. The molecular formula is C22H18ClFN4O2S. The number of hydrogen-bond donors (Lipinski definition) is 1. The van der Waals surface area contributed by atoms with E-state index in [1.54, 1.807) is 11.4 Å². The second kappa shape index (κ2) is 9.36. The van der Waals surface area contributed by atoms with Gasteiger partial charge in [-0.25, -0.2) is 14.4 Å². The molecule has 9 heteroatoms. The molecular weight excluding hydrogens is 439 g/mol. The lowest BCUT2D eigenvalue weighted by atomic mass is 10.1. The number of thiazole rings is 1. The average molecular weight is 457 g/mol. The van der Waals surface area contributed by atoms with Crippen molar-refractivity contribution in [1.82, 2.24) is 9.99 Å². The Kier molecular flexibility index (Phi) is 6.39. The third-order valence-corrected chi connectivity index (χ3v) is 5.78. The van der Waals surface area contributed by atoms with Gasteiger partial charge < -0.3 is 5.32 Å². The van der Waals surface area contributed by atoms with Crippen LogP contribution >= 0.6 is 22.9 Å². The van der Waals surface area contributed by atoms with Gasteiger partial charge in [0.25, 0.3) is 0 Å². The number of rotatable bonds is 6. The first-order chi connectivity index (χ1) is 15.0. The van der Waals surface area contributed by atoms with Gasteiger partial charge in [-0.05, 0) is 23.8 Å². The molecule has 0 atom stereocenters. The summed E-state index contributed by atoms with van der Waals surface area (Å²) in [5.74, 6) is -1.00. The van der Waals surface area contributed by atoms with Gasteiger partial charge in [-0.2, -0.15) is 5.10 Å². The van der Waals surface area contributed by atoms with Crippen LogP contribution in [-0.4, -0.2) is 34.1 Å². The number of hydrogen-bond acceptors (Lipinski definition) is 5. The Morgan fingerprint density at radius 1 is 1.13 bits per heavy atom. The van der Waals surface area contributed by atoms with Crippen molar-refractivity contribution in [3.05, 3.63) is 70.3 Å². The van der Waals surface area contributed by atoms with Gasteiger partial charge in [0.15, 0.2) is 5.13 Å². The van der Waals surface area contributed by atoms with Crippen LogP contribution in [-0.2, 0) is 9.59 Å². The number of hydrazone groups is 1. The molecule has 6 nitrogen and oxygen atoms in total. The summed E-state index contributed by atoms with van der Waals surface area (Å²) in [6, 6.07) is 14.0. The number of halogens is 2. The third-order valence-electron chi connectivity index (χ3n) is 4.73. The molecule has 0 bridgehead atoms. The van der Waals surface area contributed by atoms with Crippen LogP contribution < -0.4 is 5.32 Å². The molecule has 2 aromatic carbocycles. The minimum Gasteiger partial charge on any atom is -0.302 e. The van der Waals surface area contributed by atoms with E-state index in [-0.39, 0.29) is 29.7 Å². The van der Waals surface area contributed by atoms with Gasteiger partial charge in [0.1, 0.15) is 5.82 Å². The summed E-state index contributed by atoms with van der Waals surface area (Å²) in [4.78, 5) is 29.0. The van der Waals surface area contributed by atoms with E-state index in [1.165, 1.54) is 28.5 Å². The van der Waals surface area contributed by atoms with Crippen LogP contribution in [0.2, 0.25) is 5.02 Å². The zero-order chi connectivity index (χ0) is 21.8. The van der Waals surface area contributed by atoms with Crippen molar-refractivity contribution in [3.8, 4) is 11.3 Å². The van der Waals surface area contributed by atoms with Gasteiger partial charge in [-0.15, -0.1) is 11.3 Å². The summed E-state index contributed by atoms with van der Waals surface area (Å²) in [6.07, 6.45) is 0.781. The number of benzene rings is 2. The summed E-state index contributed by atoms with van der Waals surface area (Å²) in [5, 5.41) is 10.7. The first-order valence-corrected chi connectivity index (χ1v) is 10.9. The molecule has 0 radical (unpaired) electrons. The maximum absolute atomic E-state index is 13.3. The molecule has 0 spiro atoms. The van der Waals surface area contributed by atoms with E-state index in [0.29, 0.717) is 29.4 Å². The van der Waals surface area contributed by atoms with Crippen molar-refractivity contribution < 1.29 is 14.0 Å². The van der Waals surface area contributed by atoms with Gasteiger partial charge in [0.2, 0.25) is 11.8 Å². The van der Waals surface area contributed by atoms with E-state index >= 15 is 0 Å². The molecule has 1 aliphatic rings. The largest absolute Gasteiger partial charge is 0.302 e. The van der Waals surface area contributed by atoms with Crippen molar-refractivity contribution in [1.29, 1.82) is 0 Å². The Balaban J connectivity index is 1.30. The topological polar surface area (TPSA) is 74.7 Å². The fraction of sp³-hybridized carbons (Fsp3) is 0.182. The van der Waals surface area contributed by atoms with E-state index in [1.807, 2.05) is 30.3 Å². The maximum atomic E-state index is 13.3.